The monoisotopic (exact) mass is 229 g/mol. The number of nitrogens with one attached hydrogen (secondary N) is 1. The fraction of sp³-hybridized carbons (Fsp3) is 0.467. The van der Waals surface area contributed by atoms with Crippen molar-refractivity contribution in [2.75, 3.05) is 6.54 Å². The van der Waals surface area contributed by atoms with Gasteiger partial charge < -0.3 is 9.73 Å². The van der Waals surface area contributed by atoms with Crippen LogP contribution in [0.4, 0.5) is 0 Å². The molecule has 1 aromatic carbocycles. The van der Waals surface area contributed by atoms with E-state index in [0.717, 1.165) is 24.5 Å². The summed E-state index contributed by atoms with van der Waals surface area (Å²) in [6, 6.07) is 9.23. The van der Waals surface area contributed by atoms with Crippen molar-refractivity contribution in [2.45, 2.75) is 32.2 Å². The lowest BCUT2D eigenvalue weighted by molar-refractivity contribution is 0.472. The lowest BCUT2D eigenvalue weighted by Gasteiger charge is -2.17. The second kappa shape index (κ2) is 4.53. The van der Waals surface area contributed by atoms with Crippen molar-refractivity contribution in [3.05, 3.63) is 36.1 Å². The van der Waals surface area contributed by atoms with Gasteiger partial charge in [-0.05, 0) is 49.4 Å². The van der Waals surface area contributed by atoms with Gasteiger partial charge in [0.25, 0.3) is 0 Å². The number of hydrogen-bond donors (Lipinski definition) is 1. The lowest BCUT2D eigenvalue weighted by atomic mass is 10.0. The van der Waals surface area contributed by atoms with Gasteiger partial charge in [-0.3, -0.25) is 0 Å². The molecule has 0 saturated heterocycles. The largest absolute Gasteiger partial charge is 0.464 e. The number of fused-ring (bicyclic) bond motifs is 1. The van der Waals surface area contributed by atoms with Crippen LogP contribution in [0.1, 0.15) is 25.3 Å². The summed E-state index contributed by atoms with van der Waals surface area (Å²) < 4.78 is 5.46. The van der Waals surface area contributed by atoms with E-state index in [2.05, 4.69) is 30.4 Å². The molecule has 1 aliphatic rings. The smallest absolute Gasteiger partial charge is 0.134 e. The summed E-state index contributed by atoms with van der Waals surface area (Å²) in [6.07, 6.45) is 5.66. The first-order valence-electron chi connectivity index (χ1n) is 6.56. The van der Waals surface area contributed by atoms with E-state index in [0.29, 0.717) is 6.04 Å². The Hall–Kier alpha value is -1.28. The minimum Gasteiger partial charge on any atom is -0.464 e. The van der Waals surface area contributed by atoms with Crippen LogP contribution in [0.5, 0.6) is 0 Å². The van der Waals surface area contributed by atoms with Gasteiger partial charge in [0, 0.05) is 11.4 Å². The quantitative estimate of drug-likeness (QED) is 0.850. The van der Waals surface area contributed by atoms with E-state index in [9.17, 15) is 0 Å². The van der Waals surface area contributed by atoms with Crippen LogP contribution in [0.2, 0.25) is 0 Å². The molecule has 1 aromatic heterocycles. The van der Waals surface area contributed by atoms with Crippen LogP contribution < -0.4 is 5.32 Å². The third kappa shape index (κ3) is 2.37. The highest BCUT2D eigenvalue weighted by Gasteiger charge is 2.30. The van der Waals surface area contributed by atoms with Gasteiger partial charge in [-0.2, -0.15) is 0 Å². The molecule has 3 rings (SSSR count). The van der Waals surface area contributed by atoms with Crippen LogP contribution >= 0.6 is 0 Å². The van der Waals surface area contributed by atoms with Crippen LogP contribution in [0.15, 0.2) is 34.9 Å². The van der Waals surface area contributed by atoms with E-state index in [1.807, 2.05) is 6.07 Å². The van der Waals surface area contributed by atoms with Gasteiger partial charge in [-0.25, -0.2) is 0 Å². The summed E-state index contributed by atoms with van der Waals surface area (Å²) in [5.74, 6) is 0.891. The molecule has 90 valence electrons. The second-order valence-corrected chi connectivity index (χ2v) is 5.00. The first kappa shape index (κ1) is 10.8. The molecule has 1 heterocycles. The topological polar surface area (TPSA) is 25.2 Å². The Labute approximate surface area is 102 Å². The maximum absolute atomic E-state index is 5.46. The highest BCUT2D eigenvalue weighted by atomic mass is 16.3. The average Bonchev–Trinajstić information content (AvgIpc) is 3.07. The van der Waals surface area contributed by atoms with Crippen LogP contribution in [0.3, 0.4) is 0 Å². The van der Waals surface area contributed by atoms with Gasteiger partial charge in [0.15, 0.2) is 0 Å². The molecule has 0 spiro atoms. The number of hydrogen-bond acceptors (Lipinski definition) is 2. The summed E-state index contributed by atoms with van der Waals surface area (Å²) in [6.45, 7) is 3.25. The van der Waals surface area contributed by atoms with E-state index >= 15 is 0 Å². The molecule has 17 heavy (non-hydrogen) atoms. The molecular formula is C15H19NO. The number of furan rings is 1. The highest BCUT2D eigenvalue weighted by molar-refractivity contribution is 5.77. The standard InChI is InChI=1S/C15H19NO/c1-2-16-14(12-5-6-12)9-11-3-4-13-7-8-17-15(13)10-11/h3-4,7-8,10,12,14,16H,2,5-6,9H2,1H3. The normalized spacial score (nSPS) is 17.5. The molecule has 0 bridgehead atoms. The average molecular weight is 229 g/mol. The molecule has 0 aliphatic heterocycles. The van der Waals surface area contributed by atoms with E-state index in [-0.39, 0.29) is 0 Å². The Balaban J connectivity index is 1.77. The van der Waals surface area contributed by atoms with Crippen molar-refractivity contribution in [1.29, 1.82) is 0 Å². The van der Waals surface area contributed by atoms with Crippen LogP contribution in [0.25, 0.3) is 11.0 Å². The van der Waals surface area contributed by atoms with E-state index in [1.165, 1.54) is 23.8 Å². The molecule has 2 aromatic rings. The first-order valence-corrected chi connectivity index (χ1v) is 6.56. The maximum Gasteiger partial charge on any atom is 0.134 e. The third-order valence-corrected chi connectivity index (χ3v) is 3.63. The minimum atomic E-state index is 0.646. The molecule has 1 aliphatic carbocycles. The summed E-state index contributed by atoms with van der Waals surface area (Å²) in [5, 5.41) is 4.80. The predicted octanol–water partition coefficient (Wildman–Crippen LogP) is 3.36. The highest BCUT2D eigenvalue weighted by Crippen LogP contribution is 2.34. The molecule has 1 saturated carbocycles. The predicted molar refractivity (Wildman–Crippen MR) is 70.1 cm³/mol. The molecule has 1 atom stereocenters. The van der Waals surface area contributed by atoms with E-state index in [4.69, 9.17) is 4.42 Å². The fourth-order valence-corrected chi connectivity index (χ4v) is 2.55. The van der Waals surface area contributed by atoms with Gasteiger partial charge in [0.05, 0.1) is 6.26 Å². The van der Waals surface area contributed by atoms with Crippen LogP contribution in [-0.2, 0) is 6.42 Å². The number of rotatable bonds is 5. The van der Waals surface area contributed by atoms with Gasteiger partial charge >= 0.3 is 0 Å². The maximum atomic E-state index is 5.46. The molecule has 1 fully saturated rings. The zero-order chi connectivity index (χ0) is 11.7. The zero-order valence-electron chi connectivity index (χ0n) is 10.3. The Morgan fingerprint density at radius 3 is 3.00 bits per heavy atom. The molecule has 2 heteroatoms. The molecule has 2 nitrogen and oxygen atoms in total. The van der Waals surface area contributed by atoms with Gasteiger partial charge in [-0.15, -0.1) is 0 Å². The molecule has 1 unspecified atom stereocenters. The third-order valence-electron chi connectivity index (χ3n) is 3.63. The number of benzene rings is 1. The van der Waals surface area contributed by atoms with Crippen molar-refractivity contribution in [3.63, 3.8) is 0 Å². The minimum absolute atomic E-state index is 0.646. The van der Waals surface area contributed by atoms with E-state index in [1.54, 1.807) is 6.26 Å². The van der Waals surface area contributed by atoms with Gasteiger partial charge in [0.1, 0.15) is 5.58 Å². The molecular weight excluding hydrogens is 210 g/mol. The molecule has 1 N–H and O–H groups in total. The Morgan fingerprint density at radius 1 is 1.35 bits per heavy atom. The molecule has 0 radical (unpaired) electrons. The zero-order valence-corrected chi connectivity index (χ0v) is 10.3. The number of likely N-dealkylation sites (N-methyl/N-ethyl adjacent to an activating group) is 1. The summed E-state index contributed by atoms with van der Waals surface area (Å²) in [4.78, 5) is 0. The fourth-order valence-electron chi connectivity index (χ4n) is 2.55. The van der Waals surface area contributed by atoms with Gasteiger partial charge in [-0.1, -0.05) is 19.1 Å². The van der Waals surface area contributed by atoms with Crippen molar-refractivity contribution in [2.24, 2.45) is 5.92 Å². The van der Waals surface area contributed by atoms with Crippen LogP contribution in [-0.4, -0.2) is 12.6 Å². The second-order valence-electron chi connectivity index (χ2n) is 5.00. The Bertz CT molecular complexity index is 498. The van der Waals surface area contributed by atoms with Crippen molar-refractivity contribution in [1.82, 2.24) is 5.32 Å². The molecule has 0 amide bonds. The first-order chi connectivity index (χ1) is 8.36. The Morgan fingerprint density at radius 2 is 2.24 bits per heavy atom. The van der Waals surface area contributed by atoms with Crippen LogP contribution in [0, 0.1) is 5.92 Å². The van der Waals surface area contributed by atoms with Gasteiger partial charge in [0.2, 0.25) is 0 Å². The SMILES string of the molecule is CCNC(Cc1ccc2ccoc2c1)C1CC1. The van der Waals surface area contributed by atoms with Crippen molar-refractivity contribution >= 4 is 11.0 Å². The van der Waals surface area contributed by atoms with E-state index < -0.39 is 0 Å². The lowest BCUT2D eigenvalue weighted by Crippen LogP contribution is -2.32. The van der Waals surface area contributed by atoms with Crippen molar-refractivity contribution in [3.8, 4) is 0 Å². The summed E-state index contributed by atoms with van der Waals surface area (Å²) in [5.41, 5.74) is 2.39. The Kier molecular flexibility index (Phi) is 2.89. The summed E-state index contributed by atoms with van der Waals surface area (Å²) >= 11 is 0. The van der Waals surface area contributed by atoms with Crippen molar-refractivity contribution < 1.29 is 4.42 Å². The summed E-state index contributed by atoms with van der Waals surface area (Å²) in [7, 11) is 0.